The van der Waals surface area contributed by atoms with Crippen LogP contribution < -0.4 is 4.57 Å². The summed E-state index contributed by atoms with van der Waals surface area (Å²) in [5.74, 6) is -0.381. The average Bonchev–Trinajstić information content (AvgIpc) is 2.61. The van der Waals surface area contributed by atoms with Gasteiger partial charge in [0.2, 0.25) is 0 Å². The lowest BCUT2D eigenvalue weighted by Crippen LogP contribution is -2.40. The Labute approximate surface area is 183 Å². The maximum absolute atomic E-state index is 12.9. The first-order valence-electron chi connectivity index (χ1n) is 9.97. The third-order valence-corrected chi connectivity index (χ3v) is 9.45. The van der Waals surface area contributed by atoms with Gasteiger partial charge in [0.1, 0.15) is 12.3 Å². The van der Waals surface area contributed by atoms with Crippen molar-refractivity contribution in [1.82, 2.24) is 0 Å². The molecule has 2 atom stereocenters. The van der Waals surface area contributed by atoms with Crippen molar-refractivity contribution in [2.45, 2.75) is 78.7 Å². The Hall–Kier alpha value is -0.950. The van der Waals surface area contributed by atoms with E-state index in [0.717, 1.165) is 23.2 Å². The summed E-state index contributed by atoms with van der Waals surface area (Å²) >= 11 is 4.83. The molecule has 0 spiro atoms. The second kappa shape index (κ2) is 11.1. The van der Waals surface area contributed by atoms with Crippen LogP contribution in [-0.4, -0.2) is 30.9 Å². The molecule has 11 heteroatoms. The number of aryl methyl sites for hydroxylation is 2. The Balaban J connectivity index is 3.59. The standard InChI is InChI=1S/C19H31NO7P2S/c1-6-14-12-20(9-4)17(8-3)16(15(14)7-2)11-19(28(22,23)24)29(25,26)27-18(30)10-13(5)21/h12,19H,6-11H2,1-5H3,(H2-,22,23,24,25,26)/p+1. The van der Waals surface area contributed by atoms with Gasteiger partial charge in [0.25, 0.3) is 0 Å². The second-order valence-corrected chi connectivity index (χ2v) is 11.7. The van der Waals surface area contributed by atoms with Gasteiger partial charge in [-0.3, -0.25) is 9.36 Å². The molecule has 1 aromatic heterocycles. The van der Waals surface area contributed by atoms with Crippen molar-refractivity contribution in [2.75, 3.05) is 0 Å². The summed E-state index contributed by atoms with van der Waals surface area (Å²) in [6, 6.07) is 0. The van der Waals surface area contributed by atoms with Crippen LogP contribution in [0.5, 0.6) is 0 Å². The number of hydrogen-bond donors (Lipinski definition) is 3. The largest absolute Gasteiger partial charge is 0.416 e. The zero-order valence-electron chi connectivity index (χ0n) is 18.1. The lowest BCUT2D eigenvalue weighted by Gasteiger charge is -2.25. The predicted molar refractivity (Wildman–Crippen MR) is 119 cm³/mol. The molecule has 0 aliphatic heterocycles. The van der Waals surface area contributed by atoms with Crippen LogP contribution in [0.2, 0.25) is 0 Å². The molecule has 0 saturated heterocycles. The van der Waals surface area contributed by atoms with Gasteiger partial charge >= 0.3 is 15.2 Å². The number of aromatic nitrogens is 1. The third kappa shape index (κ3) is 6.78. The molecule has 1 heterocycles. The van der Waals surface area contributed by atoms with Crippen molar-refractivity contribution >= 4 is 38.2 Å². The van der Waals surface area contributed by atoms with Crippen molar-refractivity contribution in [3.8, 4) is 0 Å². The lowest BCUT2D eigenvalue weighted by molar-refractivity contribution is -0.701. The number of pyridine rings is 1. The van der Waals surface area contributed by atoms with Gasteiger partial charge in [-0.15, -0.1) is 0 Å². The molecule has 0 radical (unpaired) electrons. The van der Waals surface area contributed by atoms with Crippen molar-refractivity contribution in [2.24, 2.45) is 0 Å². The molecular formula is C19H32NO7P2S+. The summed E-state index contributed by atoms with van der Waals surface area (Å²) in [6.07, 6.45) is 3.24. The number of ketones is 1. The molecule has 0 fully saturated rings. The van der Waals surface area contributed by atoms with Crippen LogP contribution in [0, 0.1) is 0 Å². The zero-order chi connectivity index (χ0) is 23.3. The molecule has 0 aromatic carbocycles. The summed E-state index contributed by atoms with van der Waals surface area (Å²) in [5.41, 5.74) is 3.46. The minimum Gasteiger partial charge on any atom is -0.416 e. The average molecular weight is 480 g/mol. The number of thiocarbonyl (C=S) groups is 1. The van der Waals surface area contributed by atoms with E-state index in [1.54, 1.807) is 0 Å². The van der Waals surface area contributed by atoms with Gasteiger partial charge < -0.3 is 19.2 Å². The normalized spacial score (nSPS) is 14.8. The van der Waals surface area contributed by atoms with E-state index in [9.17, 15) is 28.6 Å². The van der Waals surface area contributed by atoms with Gasteiger partial charge in [-0.05, 0) is 44.5 Å². The number of hydrogen-bond acceptors (Lipinski definition) is 5. The lowest BCUT2D eigenvalue weighted by atomic mass is 9.94. The fourth-order valence-corrected chi connectivity index (χ4v) is 7.12. The van der Waals surface area contributed by atoms with Gasteiger partial charge in [0.15, 0.2) is 22.3 Å². The number of nitrogens with zero attached hydrogens (tertiary/aromatic N) is 1. The monoisotopic (exact) mass is 480 g/mol. The van der Waals surface area contributed by atoms with Crippen molar-refractivity contribution in [3.05, 3.63) is 28.6 Å². The topological polar surface area (TPSA) is 125 Å². The number of carbonyl (C=O) groups excluding carboxylic acids is 1. The van der Waals surface area contributed by atoms with E-state index >= 15 is 0 Å². The van der Waals surface area contributed by atoms with Crippen LogP contribution in [0.15, 0.2) is 6.20 Å². The highest BCUT2D eigenvalue weighted by Crippen LogP contribution is 2.64. The Morgan fingerprint density at radius 1 is 1.10 bits per heavy atom. The van der Waals surface area contributed by atoms with E-state index < -0.39 is 25.6 Å². The maximum Gasteiger partial charge on any atom is 0.392 e. The van der Waals surface area contributed by atoms with E-state index in [0.29, 0.717) is 24.9 Å². The minimum atomic E-state index is -5.05. The summed E-state index contributed by atoms with van der Waals surface area (Å²) in [4.78, 5) is 41.5. The van der Waals surface area contributed by atoms with E-state index in [1.165, 1.54) is 6.92 Å². The first-order valence-corrected chi connectivity index (χ1v) is 13.7. The second-order valence-electron chi connectivity index (χ2n) is 7.08. The number of Topliss-reactive ketones (excluding diaryl/α,β-unsaturated/α-hetero) is 1. The van der Waals surface area contributed by atoms with Gasteiger partial charge in [-0.2, -0.15) is 0 Å². The number of rotatable bonds is 11. The molecule has 2 unspecified atom stereocenters. The van der Waals surface area contributed by atoms with Crippen LogP contribution >= 0.6 is 27.4 Å². The molecule has 1 aromatic rings. The SMILES string of the molecule is CCc1c[n+](CC)c(CC)c(CC(P(=O)(O)O)P(=O)(O)OC(=S)CC(C)=O)c1CC. The molecule has 8 nitrogen and oxygen atoms in total. The zero-order valence-corrected chi connectivity index (χ0v) is 20.7. The van der Waals surface area contributed by atoms with E-state index in [-0.39, 0.29) is 18.6 Å². The van der Waals surface area contributed by atoms with E-state index in [1.807, 2.05) is 38.5 Å². The van der Waals surface area contributed by atoms with E-state index in [4.69, 9.17) is 16.7 Å². The van der Waals surface area contributed by atoms with E-state index in [2.05, 4.69) is 0 Å². The molecule has 0 saturated carbocycles. The Morgan fingerprint density at radius 2 is 1.70 bits per heavy atom. The van der Waals surface area contributed by atoms with Gasteiger partial charge in [0, 0.05) is 24.0 Å². The first kappa shape index (κ1) is 27.1. The molecule has 0 aliphatic carbocycles. The van der Waals surface area contributed by atoms with Crippen LogP contribution in [0.1, 0.15) is 63.4 Å². The van der Waals surface area contributed by atoms with Crippen LogP contribution in [0.25, 0.3) is 0 Å². The van der Waals surface area contributed by atoms with Crippen molar-refractivity contribution < 1.29 is 37.7 Å². The summed E-state index contributed by atoms with van der Waals surface area (Å²) in [7, 11) is -9.93. The summed E-state index contributed by atoms with van der Waals surface area (Å²) in [6.45, 7) is 9.72. The molecule has 0 bridgehead atoms. The quantitative estimate of drug-likeness (QED) is 0.250. The number of carbonyl (C=O) groups is 1. The van der Waals surface area contributed by atoms with Gasteiger partial charge in [-0.1, -0.05) is 20.8 Å². The smallest absolute Gasteiger partial charge is 0.392 e. The fourth-order valence-electron chi connectivity index (χ4n) is 3.62. The molecule has 1 rings (SSSR count). The third-order valence-electron chi connectivity index (χ3n) is 4.95. The Morgan fingerprint density at radius 3 is 2.10 bits per heavy atom. The van der Waals surface area contributed by atoms with Gasteiger partial charge in [-0.25, -0.2) is 9.13 Å². The minimum absolute atomic E-state index is 0.332. The molecule has 0 aliphatic rings. The first-order chi connectivity index (χ1) is 13.8. The highest BCUT2D eigenvalue weighted by molar-refractivity contribution is 7.81. The van der Waals surface area contributed by atoms with Crippen LogP contribution in [0.4, 0.5) is 0 Å². The molecule has 170 valence electrons. The highest BCUT2D eigenvalue weighted by atomic mass is 32.1. The van der Waals surface area contributed by atoms with Crippen molar-refractivity contribution in [1.29, 1.82) is 0 Å². The molecule has 0 amide bonds. The molecule has 30 heavy (non-hydrogen) atoms. The maximum atomic E-state index is 12.9. The Bertz CT molecular complexity index is 867. The van der Waals surface area contributed by atoms with Crippen LogP contribution in [0.3, 0.4) is 0 Å². The summed E-state index contributed by atoms with van der Waals surface area (Å²) in [5, 5.41) is -2.44. The van der Waals surface area contributed by atoms with Gasteiger partial charge in [0.05, 0.1) is 6.42 Å². The van der Waals surface area contributed by atoms with Crippen LogP contribution in [-0.2, 0) is 50.7 Å². The highest BCUT2D eigenvalue weighted by Gasteiger charge is 2.48. The molecular weight excluding hydrogens is 448 g/mol. The predicted octanol–water partition coefficient (Wildman–Crippen LogP) is 3.24. The summed E-state index contributed by atoms with van der Waals surface area (Å²) < 4.78 is 32.1. The Kier molecular flexibility index (Phi) is 10.00. The fraction of sp³-hybridized carbons (Fsp3) is 0.632. The molecule has 3 N–H and O–H groups in total. The van der Waals surface area contributed by atoms with Crippen molar-refractivity contribution in [3.63, 3.8) is 0 Å².